The Balaban J connectivity index is 2.06. The Labute approximate surface area is 126 Å². The minimum absolute atomic E-state index is 1.07. The summed E-state index contributed by atoms with van der Waals surface area (Å²) in [5, 5.41) is 3.12. The molecular weight excluding hydrogens is 272 g/mol. The van der Waals surface area contributed by atoms with E-state index in [0.29, 0.717) is 0 Å². The number of rotatable bonds is 4. The Morgan fingerprint density at radius 1 is 0.750 bits per heavy atom. The lowest BCUT2D eigenvalue weighted by Gasteiger charge is -2.17. The van der Waals surface area contributed by atoms with E-state index in [1.165, 1.54) is 11.5 Å². The van der Waals surface area contributed by atoms with Gasteiger partial charge in [0.25, 0.3) is 0 Å². The molecule has 0 fully saturated rings. The molecule has 0 bridgehead atoms. The topological polar surface area (TPSA) is 0 Å². The lowest BCUT2D eigenvalue weighted by Crippen LogP contribution is -2.37. The Hall–Kier alpha value is -0.866. The first-order valence-corrected chi connectivity index (χ1v) is 14.5. The van der Waals surface area contributed by atoms with Gasteiger partial charge in [-0.2, -0.15) is 0 Å². The fourth-order valence-corrected chi connectivity index (χ4v) is 4.80. The Kier molecular flexibility index (Phi) is 4.26. The molecule has 0 saturated carbocycles. The third kappa shape index (κ3) is 3.83. The van der Waals surface area contributed by atoms with Gasteiger partial charge < -0.3 is 0 Å². The molecule has 1 aromatic rings. The zero-order valence-electron chi connectivity index (χ0n) is 13.7. The van der Waals surface area contributed by atoms with E-state index in [0.717, 1.165) is 6.42 Å². The Morgan fingerprint density at radius 3 is 1.80 bits per heavy atom. The molecule has 1 aliphatic rings. The van der Waals surface area contributed by atoms with Gasteiger partial charge in [0.2, 0.25) is 0 Å². The molecule has 0 nitrogen and oxygen atoms in total. The minimum atomic E-state index is -1.16. The van der Waals surface area contributed by atoms with E-state index >= 15 is 0 Å². The molecule has 0 amide bonds. The third-order valence-corrected chi connectivity index (χ3v) is 8.02. The quantitative estimate of drug-likeness (QED) is 0.706. The molecule has 2 heteroatoms. The van der Waals surface area contributed by atoms with Crippen molar-refractivity contribution in [3.8, 4) is 0 Å². The maximum absolute atomic E-state index is 2.42. The molecule has 0 aliphatic heterocycles. The van der Waals surface area contributed by atoms with Crippen LogP contribution in [0.1, 0.15) is 5.56 Å². The summed E-state index contributed by atoms with van der Waals surface area (Å²) in [6.45, 7) is 14.4. The highest BCUT2D eigenvalue weighted by molar-refractivity contribution is 6.88. The minimum Gasteiger partial charge on any atom is -0.0738 e. The standard InChI is InChI=1S/C18H27Si2/c1-19(2,3)17-10-7-15(8-11-17)13-16-9-12-18(14-16)20(4,5)6/h7-12,14H,13H2,1-6H3. The predicted octanol–water partition coefficient (Wildman–Crippen LogP) is 4.72. The second kappa shape index (κ2) is 5.49. The number of benzene rings is 1. The summed E-state index contributed by atoms with van der Waals surface area (Å²) in [6.07, 6.45) is 8.12. The van der Waals surface area contributed by atoms with Gasteiger partial charge in [-0.1, -0.05) is 92.2 Å². The van der Waals surface area contributed by atoms with Gasteiger partial charge in [-0.3, -0.25) is 0 Å². The molecule has 1 aliphatic carbocycles. The molecule has 0 atom stereocenters. The zero-order chi connectivity index (χ0) is 15.0. The molecule has 107 valence electrons. The van der Waals surface area contributed by atoms with Crippen molar-refractivity contribution in [3.05, 3.63) is 59.2 Å². The van der Waals surface area contributed by atoms with Crippen molar-refractivity contribution in [2.75, 3.05) is 0 Å². The van der Waals surface area contributed by atoms with Crippen molar-refractivity contribution >= 4 is 21.3 Å². The maximum atomic E-state index is 2.42. The summed E-state index contributed by atoms with van der Waals surface area (Å²) in [6, 6.07) is 9.30. The van der Waals surface area contributed by atoms with Crippen LogP contribution in [0.15, 0.2) is 47.7 Å². The normalized spacial score (nSPS) is 16.6. The van der Waals surface area contributed by atoms with E-state index in [-0.39, 0.29) is 0 Å². The SMILES string of the molecule is C[Si](C)(C)C1=C[C](Cc2ccc([Si](C)(C)C)cc2)C=C1. The molecule has 0 unspecified atom stereocenters. The third-order valence-electron chi connectivity index (χ3n) is 3.91. The van der Waals surface area contributed by atoms with E-state index in [1.54, 1.807) is 10.4 Å². The predicted molar refractivity (Wildman–Crippen MR) is 96.9 cm³/mol. The summed E-state index contributed by atoms with van der Waals surface area (Å²) in [4.78, 5) is 0. The van der Waals surface area contributed by atoms with Gasteiger partial charge in [0.15, 0.2) is 0 Å². The monoisotopic (exact) mass is 299 g/mol. The van der Waals surface area contributed by atoms with E-state index < -0.39 is 16.1 Å². The molecule has 0 aromatic heterocycles. The lowest BCUT2D eigenvalue weighted by molar-refractivity contribution is 1.10. The van der Waals surface area contributed by atoms with Crippen LogP contribution in [0, 0.1) is 5.92 Å². The van der Waals surface area contributed by atoms with E-state index in [4.69, 9.17) is 0 Å². The smallest absolute Gasteiger partial charge is 0.0738 e. The van der Waals surface area contributed by atoms with Crippen LogP contribution in [0.4, 0.5) is 0 Å². The highest BCUT2D eigenvalue weighted by Gasteiger charge is 2.22. The van der Waals surface area contributed by atoms with Gasteiger partial charge in [-0.05, 0) is 12.0 Å². The summed E-state index contributed by atoms with van der Waals surface area (Å²) in [5.41, 5.74) is 1.43. The zero-order valence-corrected chi connectivity index (χ0v) is 15.7. The highest BCUT2D eigenvalue weighted by atomic mass is 28.3. The number of hydrogen-bond acceptors (Lipinski definition) is 0. The van der Waals surface area contributed by atoms with Gasteiger partial charge in [0, 0.05) is 5.92 Å². The first-order chi connectivity index (χ1) is 9.16. The Bertz CT molecular complexity index is 522. The van der Waals surface area contributed by atoms with Crippen LogP contribution < -0.4 is 5.19 Å². The second-order valence-corrected chi connectivity index (χ2v) is 18.0. The average Bonchev–Trinajstić information content (AvgIpc) is 2.77. The summed E-state index contributed by atoms with van der Waals surface area (Å²) >= 11 is 0. The molecule has 0 spiro atoms. The molecule has 1 aromatic carbocycles. The van der Waals surface area contributed by atoms with Gasteiger partial charge in [0.1, 0.15) is 0 Å². The molecule has 0 saturated heterocycles. The molecule has 0 heterocycles. The van der Waals surface area contributed by atoms with E-state index in [1.807, 2.05) is 0 Å². The average molecular weight is 300 g/mol. The van der Waals surface area contributed by atoms with E-state index in [9.17, 15) is 0 Å². The van der Waals surface area contributed by atoms with Crippen molar-refractivity contribution < 1.29 is 0 Å². The molecule has 20 heavy (non-hydrogen) atoms. The first kappa shape index (κ1) is 15.5. The van der Waals surface area contributed by atoms with Crippen LogP contribution >= 0.6 is 0 Å². The van der Waals surface area contributed by atoms with Crippen molar-refractivity contribution in [3.63, 3.8) is 0 Å². The Morgan fingerprint density at radius 2 is 1.35 bits per heavy atom. The van der Waals surface area contributed by atoms with Crippen molar-refractivity contribution in [2.24, 2.45) is 0 Å². The van der Waals surface area contributed by atoms with Gasteiger partial charge >= 0.3 is 0 Å². The fourth-order valence-electron chi connectivity index (χ4n) is 2.43. The highest BCUT2D eigenvalue weighted by Crippen LogP contribution is 2.28. The number of allylic oxidation sites excluding steroid dienone is 4. The van der Waals surface area contributed by atoms with Gasteiger partial charge in [-0.15, -0.1) is 0 Å². The van der Waals surface area contributed by atoms with Crippen molar-refractivity contribution in [1.29, 1.82) is 0 Å². The molecule has 1 radical (unpaired) electrons. The van der Waals surface area contributed by atoms with Gasteiger partial charge in [-0.25, -0.2) is 0 Å². The van der Waals surface area contributed by atoms with Gasteiger partial charge in [0.05, 0.1) is 16.1 Å². The summed E-state index contributed by atoms with van der Waals surface area (Å²) in [7, 11) is -2.32. The first-order valence-electron chi connectivity index (χ1n) is 7.52. The summed E-state index contributed by atoms with van der Waals surface area (Å²) < 4.78 is 0. The van der Waals surface area contributed by atoms with Crippen LogP contribution in [0.3, 0.4) is 0 Å². The van der Waals surface area contributed by atoms with Crippen LogP contribution in [-0.2, 0) is 6.42 Å². The van der Waals surface area contributed by atoms with Crippen LogP contribution in [0.25, 0.3) is 0 Å². The maximum Gasteiger partial charge on any atom is 0.0775 e. The molecule has 0 N–H and O–H groups in total. The second-order valence-electron chi connectivity index (χ2n) is 7.88. The fraction of sp³-hybridized carbons (Fsp3) is 0.389. The largest absolute Gasteiger partial charge is 0.0775 e. The van der Waals surface area contributed by atoms with Crippen LogP contribution in [0.5, 0.6) is 0 Å². The van der Waals surface area contributed by atoms with Crippen molar-refractivity contribution in [1.82, 2.24) is 0 Å². The van der Waals surface area contributed by atoms with Crippen molar-refractivity contribution in [2.45, 2.75) is 45.7 Å². The lowest BCUT2D eigenvalue weighted by atomic mass is 10.0. The molecule has 2 rings (SSSR count). The summed E-state index contributed by atoms with van der Waals surface area (Å²) in [5.74, 6) is 1.46. The van der Waals surface area contributed by atoms with E-state index in [2.05, 4.69) is 81.8 Å². The van der Waals surface area contributed by atoms with Crippen LogP contribution in [-0.4, -0.2) is 16.1 Å². The molecular formula is C18H27Si2. The van der Waals surface area contributed by atoms with Crippen LogP contribution in [0.2, 0.25) is 39.3 Å². The number of hydrogen-bond donors (Lipinski definition) is 0.